The van der Waals surface area contributed by atoms with Gasteiger partial charge in [-0.2, -0.15) is 10.2 Å². The van der Waals surface area contributed by atoms with Gasteiger partial charge in [-0.15, -0.1) is 0 Å². The number of nitrogens with one attached hydrogen (secondary N) is 1. The highest BCUT2D eigenvalue weighted by Gasteiger charge is 2.16. The summed E-state index contributed by atoms with van der Waals surface area (Å²) in [5.41, 5.74) is 3.61. The van der Waals surface area contributed by atoms with Crippen LogP contribution in [0.25, 0.3) is 0 Å². The predicted octanol–water partition coefficient (Wildman–Crippen LogP) is 5.82. The van der Waals surface area contributed by atoms with E-state index in [4.69, 9.17) is 0 Å². The number of para-hydroxylation sites is 1. The first-order valence-corrected chi connectivity index (χ1v) is 9.57. The summed E-state index contributed by atoms with van der Waals surface area (Å²) in [6.45, 7) is 12.4. The lowest BCUT2D eigenvalue weighted by Crippen LogP contribution is -2.15. The zero-order valence-corrected chi connectivity index (χ0v) is 17.1. The van der Waals surface area contributed by atoms with Crippen molar-refractivity contribution in [3.05, 3.63) is 90.8 Å². The number of aryl methyl sites for hydroxylation is 1. The Morgan fingerprint density at radius 1 is 1.31 bits per heavy atom. The van der Waals surface area contributed by atoms with Crippen molar-refractivity contribution in [3.63, 3.8) is 0 Å². The fraction of sp³-hybridized carbons (Fsp3) is 0.208. The van der Waals surface area contributed by atoms with Gasteiger partial charge in [-0.3, -0.25) is 0 Å². The van der Waals surface area contributed by atoms with Gasteiger partial charge in [0.25, 0.3) is 0 Å². The molecule has 0 bridgehead atoms. The van der Waals surface area contributed by atoms with E-state index in [1.807, 2.05) is 55.2 Å². The van der Waals surface area contributed by atoms with Crippen LogP contribution >= 0.6 is 0 Å². The van der Waals surface area contributed by atoms with Gasteiger partial charge in [-0.25, -0.2) is 4.98 Å². The van der Waals surface area contributed by atoms with E-state index in [2.05, 4.69) is 40.6 Å². The number of hydrogen-bond donors (Lipinski definition) is 1. The molecule has 0 aliphatic carbocycles. The van der Waals surface area contributed by atoms with Crippen molar-refractivity contribution in [1.29, 1.82) is 5.26 Å². The summed E-state index contributed by atoms with van der Waals surface area (Å²) in [5, 5.41) is 12.8. The summed E-state index contributed by atoms with van der Waals surface area (Å²) in [7, 11) is 0. The summed E-state index contributed by atoms with van der Waals surface area (Å²) in [4.78, 5) is 10.7. The fourth-order valence-corrected chi connectivity index (χ4v) is 2.93. The molecule has 1 heterocycles. The van der Waals surface area contributed by atoms with E-state index in [1.54, 1.807) is 18.5 Å². The molecule has 1 aromatic carbocycles. The second-order valence-corrected chi connectivity index (χ2v) is 6.39. The normalized spacial score (nSPS) is 11.1. The predicted molar refractivity (Wildman–Crippen MR) is 121 cm³/mol. The molecule has 0 saturated carbocycles. The molecule has 0 saturated heterocycles. The Bertz CT molecular complexity index is 950. The monoisotopic (exact) mass is 385 g/mol. The smallest absolute Gasteiger partial charge is 0.224 e. The van der Waals surface area contributed by atoms with Crippen molar-refractivity contribution in [2.75, 3.05) is 16.8 Å². The van der Waals surface area contributed by atoms with Crippen molar-refractivity contribution in [2.24, 2.45) is 0 Å². The van der Waals surface area contributed by atoms with E-state index in [9.17, 15) is 5.26 Å². The SMILES string of the molecule is C=C/C=C(\C=C/C)CCCNc1ncc(C#N)c(N(C=C)c2ccccc2C)n1. The van der Waals surface area contributed by atoms with Crippen LogP contribution in [0.5, 0.6) is 0 Å². The van der Waals surface area contributed by atoms with Crippen LogP contribution in [0.4, 0.5) is 17.5 Å². The highest BCUT2D eigenvalue weighted by Crippen LogP contribution is 2.29. The summed E-state index contributed by atoms with van der Waals surface area (Å²) < 4.78 is 0. The van der Waals surface area contributed by atoms with E-state index in [1.165, 1.54) is 5.57 Å². The molecular formula is C24H27N5. The molecule has 2 aromatic rings. The summed E-state index contributed by atoms with van der Waals surface area (Å²) in [5.74, 6) is 0.996. The topological polar surface area (TPSA) is 64.8 Å². The minimum atomic E-state index is 0.392. The quantitative estimate of drug-likeness (QED) is 0.412. The third-order valence-electron chi connectivity index (χ3n) is 4.31. The van der Waals surface area contributed by atoms with E-state index in [0.717, 1.165) is 30.6 Å². The lowest BCUT2D eigenvalue weighted by atomic mass is 10.1. The number of rotatable bonds is 10. The van der Waals surface area contributed by atoms with Crippen LogP contribution in [0.2, 0.25) is 0 Å². The molecule has 1 N–H and O–H groups in total. The number of anilines is 3. The molecule has 148 valence electrons. The third-order valence-corrected chi connectivity index (χ3v) is 4.31. The lowest BCUT2D eigenvalue weighted by Gasteiger charge is -2.22. The molecule has 5 nitrogen and oxygen atoms in total. The standard InChI is InChI=1S/C24H27N5/c1-5-11-20(12-6-2)14-10-16-26-24-27-18-21(17-25)23(28-24)29(7-3)22-15-9-8-13-19(22)4/h5-9,11-13,15,18H,1,3,10,14,16H2,2,4H3,(H,26,27,28)/b12-6-,20-11+. The van der Waals surface area contributed by atoms with Crippen LogP contribution in [0.1, 0.15) is 30.9 Å². The Hall–Kier alpha value is -3.65. The zero-order chi connectivity index (χ0) is 21.1. The van der Waals surface area contributed by atoms with Gasteiger partial charge in [0.15, 0.2) is 5.82 Å². The minimum Gasteiger partial charge on any atom is -0.354 e. The maximum atomic E-state index is 9.51. The molecule has 0 atom stereocenters. The number of hydrogen-bond acceptors (Lipinski definition) is 5. The van der Waals surface area contributed by atoms with E-state index in [0.29, 0.717) is 17.3 Å². The zero-order valence-electron chi connectivity index (χ0n) is 17.1. The highest BCUT2D eigenvalue weighted by molar-refractivity contribution is 5.70. The molecule has 0 spiro atoms. The summed E-state index contributed by atoms with van der Waals surface area (Å²) in [6.07, 6.45) is 13.0. The molecule has 1 aromatic heterocycles. The second kappa shape index (κ2) is 11.3. The minimum absolute atomic E-state index is 0.392. The van der Waals surface area contributed by atoms with Crippen molar-refractivity contribution >= 4 is 17.5 Å². The molecule has 0 radical (unpaired) electrons. The number of benzene rings is 1. The molecule has 0 aliphatic heterocycles. The number of aromatic nitrogens is 2. The first-order chi connectivity index (χ1) is 14.1. The Labute approximate surface area is 173 Å². The Kier molecular flexibility index (Phi) is 8.40. The van der Waals surface area contributed by atoms with E-state index < -0.39 is 0 Å². The van der Waals surface area contributed by atoms with Crippen LogP contribution in [0, 0.1) is 18.3 Å². The summed E-state index contributed by atoms with van der Waals surface area (Å²) >= 11 is 0. The van der Waals surface area contributed by atoms with Crippen molar-refractivity contribution in [2.45, 2.75) is 26.7 Å². The number of allylic oxidation sites excluding steroid dienone is 5. The maximum Gasteiger partial charge on any atom is 0.224 e. The highest BCUT2D eigenvalue weighted by atomic mass is 15.2. The van der Waals surface area contributed by atoms with Gasteiger partial charge in [0, 0.05) is 18.4 Å². The van der Waals surface area contributed by atoms with Gasteiger partial charge in [0.1, 0.15) is 11.6 Å². The van der Waals surface area contributed by atoms with Gasteiger partial charge < -0.3 is 10.2 Å². The van der Waals surface area contributed by atoms with Crippen LogP contribution in [-0.2, 0) is 0 Å². The first-order valence-electron chi connectivity index (χ1n) is 9.57. The van der Waals surface area contributed by atoms with Gasteiger partial charge in [-0.1, -0.05) is 55.7 Å². The molecular weight excluding hydrogens is 358 g/mol. The lowest BCUT2D eigenvalue weighted by molar-refractivity contribution is 0.855. The Morgan fingerprint density at radius 3 is 2.76 bits per heavy atom. The van der Waals surface area contributed by atoms with Gasteiger partial charge in [0.2, 0.25) is 5.95 Å². The average Bonchev–Trinajstić information content (AvgIpc) is 2.73. The van der Waals surface area contributed by atoms with E-state index in [-0.39, 0.29) is 0 Å². The number of nitrogens with zero attached hydrogens (tertiary/aromatic N) is 4. The van der Waals surface area contributed by atoms with Crippen LogP contribution in [0.3, 0.4) is 0 Å². The van der Waals surface area contributed by atoms with Crippen molar-refractivity contribution in [3.8, 4) is 6.07 Å². The van der Waals surface area contributed by atoms with E-state index >= 15 is 0 Å². The summed E-state index contributed by atoms with van der Waals surface area (Å²) in [6, 6.07) is 10.1. The van der Waals surface area contributed by atoms with Crippen LogP contribution < -0.4 is 10.2 Å². The van der Waals surface area contributed by atoms with Gasteiger partial charge in [-0.05, 0) is 43.9 Å². The molecule has 0 fully saturated rings. The molecule has 29 heavy (non-hydrogen) atoms. The maximum absolute atomic E-state index is 9.51. The average molecular weight is 386 g/mol. The third kappa shape index (κ3) is 5.91. The van der Waals surface area contributed by atoms with Crippen molar-refractivity contribution < 1.29 is 0 Å². The largest absolute Gasteiger partial charge is 0.354 e. The van der Waals surface area contributed by atoms with Gasteiger partial charge in [0.05, 0.1) is 6.20 Å². The molecule has 0 aliphatic rings. The molecule has 0 unspecified atom stereocenters. The van der Waals surface area contributed by atoms with Gasteiger partial charge >= 0.3 is 0 Å². The Morgan fingerprint density at radius 2 is 2.10 bits per heavy atom. The molecule has 2 rings (SSSR count). The van der Waals surface area contributed by atoms with Crippen LogP contribution in [-0.4, -0.2) is 16.5 Å². The first kappa shape index (κ1) is 21.6. The fourth-order valence-electron chi connectivity index (χ4n) is 2.93. The molecule has 5 heteroatoms. The molecule has 0 amide bonds. The number of nitriles is 1. The van der Waals surface area contributed by atoms with Crippen molar-refractivity contribution in [1.82, 2.24) is 9.97 Å². The Balaban J connectivity index is 2.17. The second-order valence-electron chi connectivity index (χ2n) is 6.39. The van der Waals surface area contributed by atoms with Crippen LogP contribution in [0.15, 0.2) is 79.7 Å².